The van der Waals surface area contributed by atoms with Crippen LogP contribution in [0.25, 0.3) is 0 Å². The van der Waals surface area contributed by atoms with Crippen molar-refractivity contribution in [3.8, 4) is 0 Å². The van der Waals surface area contributed by atoms with Crippen LogP contribution in [0.5, 0.6) is 0 Å². The van der Waals surface area contributed by atoms with E-state index in [9.17, 15) is 0 Å². The topological polar surface area (TPSA) is 12.0 Å². The molecule has 0 saturated heterocycles. The van der Waals surface area contributed by atoms with Crippen molar-refractivity contribution in [1.29, 1.82) is 0 Å². The van der Waals surface area contributed by atoms with Crippen LogP contribution in [-0.4, -0.2) is 6.54 Å². The summed E-state index contributed by atoms with van der Waals surface area (Å²) in [4.78, 5) is 0. The van der Waals surface area contributed by atoms with Gasteiger partial charge in [0.1, 0.15) is 0 Å². The van der Waals surface area contributed by atoms with Gasteiger partial charge in [0.2, 0.25) is 0 Å². The number of aryl methyl sites for hydroxylation is 2. The van der Waals surface area contributed by atoms with Crippen molar-refractivity contribution in [3.05, 3.63) is 69.2 Å². The van der Waals surface area contributed by atoms with Gasteiger partial charge in [0, 0.05) is 4.47 Å². The molecular formula is C19H24BrN. The minimum absolute atomic E-state index is 0.253. The molecule has 1 nitrogen and oxygen atoms in total. The Morgan fingerprint density at radius 2 is 1.62 bits per heavy atom. The smallest absolute Gasteiger partial charge is 0.0577 e. The van der Waals surface area contributed by atoms with Crippen LogP contribution >= 0.6 is 15.9 Å². The Kier molecular flexibility index (Phi) is 6.01. The normalized spacial score (nSPS) is 12.4. The Morgan fingerprint density at radius 1 is 0.905 bits per heavy atom. The molecule has 0 aromatic heterocycles. The summed E-state index contributed by atoms with van der Waals surface area (Å²) in [7, 11) is 0. The summed E-state index contributed by atoms with van der Waals surface area (Å²) in [6.45, 7) is 7.57. The first-order valence-corrected chi connectivity index (χ1v) is 8.59. The molecule has 0 radical (unpaired) electrons. The fraction of sp³-hybridized carbons (Fsp3) is 0.368. The summed E-state index contributed by atoms with van der Waals surface area (Å²) in [5, 5.41) is 3.61. The van der Waals surface area contributed by atoms with Crippen LogP contribution in [0.3, 0.4) is 0 Å². The maximum absolute atomic E-state index is 3.61. The molecule has 2 rings (SSSR count). The van der Waals surface area contributed by atoms with Gasteiger partial charge in [-0.05, 0) is 53.8 Å². The molecule has 0 aliphatic heterocycles. The molecule has 0 aliphatic rings. The van der Waals surface area contributed by atoms with Gasteiger partial charge in [0.05, 0.1) is 6.04 Å². The van der Waals surface area contributed by atoms with E-state index < -0.39 is 0 Å². The van der Waals surface area contributed by atoms with Gasteiger partial charge in [0.25, 0.3) is 0 Å². The van der Waals surface area contributed by atoms with E-state index in [-0.39, 0.29) is 6.04 Å². The van der Waals surface area contributed by atoms with Crippen molar-refractivity contribution in [2.45, 2.75) is 39.7 Å². The van der Waals surface area contributed by atoms with Crippen LogP contribution in [0.1, 0.15) is 49.1 Å². The largest absolute Gasteiger partial charge is 0.307 e. The van der Waals surface area contributed by atoms with Crippen LogP contribution in [-0.2, 0) is 12.8 Å². The molecule has 0 bridgehead atoms. The van der Waals surface area contributed by atoms with Gasteiger partial charge < -0.3 is 5.32 Å². The molecular weight excluding hydrogens is 322 g/mol. The fourth-order valence-corrected chi connectivity index (χ4v) is 3.23. The minimum atomic E-state index is 0.253. The van der Waals surface area contributed by atoms with Gasteiger partial charge in [-0.2, -0.15) is 0 Å². The SMILES string of the molecule is CCNC(c1cccc(Br)c1)c1ccc(CC)c(CC)c1. The first-order chi connectivity index (χ1) is 10.2. The molecule has 0 aliphatic carbocycles. The number of hydrogen-bond donors (Lipinski definition) is 1. The highest BCUT2D eigenvalue weighted by Gasteiger charge is 2.14. The molecule has 112 valence electrons. The summed E-state index contributed by atoms with van der Waals surface area (Å²) in [6.07, 6.45) is 2.19. The highest BCUT2D eigenvalue weighted by molar-refractivity contribution is 9.10. The van der Waals surface area contributed by atoms with Crippen molar-refractivity contribution in [3.63, 3.8) is 0 Å². The number of benzene rings is 2. The van der Waals surface area contributed by atoms with Crippen LogP contribution in [0.15, 0.2) is 46.9 Å². The second kappa shape index (κ2) is 7.77. The Hall–Kier alpha value is -1.12. The quantitative estimate of drug-likeness (QED) is 0.751. The first kappa shape index (κ1) is 16.3. The summed E-state index contributed by atoms with van der Waals surface area (Å²) in [5.74, 6) is 0. The number of nitrogens with one attached hydrogen (secondary N) is 1. The zero-order valence-corrected chi connectivity index (χ0v) is 14.7. The van der Waals surface area contributed by atoms with E-state index in [0.29, 0.717) is 0 Å². The molecule has 21 heavy (non-hydrogen) atoms. The maximum Gasteiger partial charge on any atom is 0.0577 e. The third kappa shape index (κ3) is 3.96. The predicted octanol–water partition coefficient (Wildman–Crippen LogP) is 5.27. The van der Waals surface area contributed by atoms with Gasteiger partial charge in [-0.3, -0.25) is 0 Å². The molecule has 1 N–H and O–H groups in total. The predicted molar refractivity (Wildman–Crippen MR) is 94.9 cm³/mol. The molecule has 0 amide bonds. The van der Waals surface area contributed by atoms with E-state index in [2.05, 4.69) is 84.5 Å². The zero-order chi connectivity index (χ0) is 15.2. The monoisotopic (exact) mass is 345 g/mol. The maximum atomic E-state index is 3.61. The first-order valence-electron chi connectivity index (χ1n) is 7.80. The highest BCUT2D eigenvalue weighted by Crippen LogP contribution is 2.26. The van der Waals surface area contributed by atoms with E-state index in [1.54, 1.807) is 0 Å². The van der Waals surface area contributed by atoms with Gasteiger partial charge in [-0.25, -0.2) is 0 Å². The second-order valence-electron chi connectivity index (χ2n) is 5.28. The van der Waals surface area contributed by atoms with Crippen LogP contribution in [0.4, 0.5) is 0 Å². The molecule has 0 heterocycles. The van der Waals surface area contributed by atoms with Crippen molar-refractivity contribution in [2.24, 2.45) is 0 Å². The molecule has 0 spiro atoms. The lowest BCUT2D eigenvalue weighted by Gasteiger charge is -2.21. The molecule has 2 aromatic rings. The van der Waals surface area contributed by atoms with Crippen LogP contribution < -0.4 is 5.32 Å². The average Bonchev–Trinajstić information content (AvgIpc) is 2.52. The molecule has 0 saturated carbocycles. The van der Waals surface area contributed by atoms with Crippen LogP contribution in [0, 0.1) is 0 Å². The van der Waals surface area contributed by atoms with Gasteiger partial charge in [-0.15, -0.1) is 0 Å². The van der Waals surface area contributed by atoms with Crippen LogP contribution in [0.2, 0.25) is 0 Å². The third-order valence-corrected chi connectivity index (χ3v) is 4.41. The Bertz CT molecular complexity index is 592. The summed E-state index contributed by atoms with van der Waals surface area (Å²) >= 11 is 3.58. The van der Waals surface area contributed by atoms with E-state index in [1.807, 2.05) is 0 Å². The third-order valence-electron chi connectivity index (χ3n) is 3.92. The number of rotatable bonds is 6. The molecule has 1 atom stereocenters. The second-order valence-corrected chi connectivity index (χ2v) is 6.20. The van der Waals surface area contributed by atoms with Gasteiger partial charge >= 0.3 is 0 Å². The van der Waals surface area contributed by atoms with Crippen molar-refractivity contribution in [1.82, 2.24) is 5.32 Å². The van der Waals surface area contributed by atoms with Gasteiger partial charge in [-0.1, -0.05) is 67.0 Å². The average molecular weight is 346 g/mol. The van der Waals surface area contributed by atoms with E-state index in [4.69, 9.17) is 0 Å². The fourth-order valence-electron chi connectivity index (χ4n) is 2.82. The highest BCUT2D eigenvalue weighted by atomic mass is 79.9. The lowest BCUT2D eigenvalue weighted by atomic mass is 9.93. The molecule has 2 aromatic carbocycles. The zero-order valence-electron chi connectivity index (χ0n) is 13.1. The Labute approximate surface area is 136 Å². The molecule has 1 unspecified atom stereocenters. The van der Waals surface area contributed by atoms with Crippen molar-refractivity contribution >= 4 is 15.9 Å². The Morgan fingerprint density at radius 3 is 2.24 bits per heavy atom. The lowest BCUT2D eigenvalue weighted by Crippen LogP contribution is -2.22. The molecule has 0 fully saturated rings. The number of halogens is 1. The summed E-state index contributed by atoms with van der Waals surface area (Å²) < 4.78 is 1.13. The van der Waals surface area contributed by atoms with Crippen molar-refractivity contribution < 1.29 is 0 Å². The van der Waals surface area contributed by atoms with Crippen molar-refractivity contribution in [2.75, 3.05) is 6.54 Å². The lowest BCUT2D eigenvalue weighted by molar-refractivity contribution is 0.629. The number of hydrogen-bond acceptors (Lipinski definition) is 1. The Balaban J connectivity index is 2.43. The summed E-state index contributed by atoms with van der Waals surface area (Å²) in [6, 6.07) is 15.7. The minimum Gasteiger partial charge on any atom is -0.307 e. The van der Waals surface area contributed by atoms with E-state index in [1.165, 1.54) is 22.3 Å². The standard InChI is InChI=1S/C19H24BrN/c1-4-14-10-11-17(12-15(14)5-2)19(21-6-3)16-8-7-9-18(20)13-16/h7-13,19,21H,4-6H2,1-3H3. The van der Waals surface area contributed by atoms with Gasteiger partial charge in [0.15, 0.2) is 0 Å². The van der Waals surface area contributed by atoms with E-state index >= 15 is 0 Å². The molecule has 2 heteroatoms. The summed E-state index contributed by atoms with van der Waals surface area (Å²) in [5.41, 5.74) is 5.58. The van der Waals surface area contributed by atoms with E-state index in [0.717, 1.165) is 23.9 Å².